The number of rotatable bonds is 4. The van der Waals surface area contributed by atoms with E-state index in [-0.39, 0.29) is 23.2 Å². The standard InChI is InChI=1S/C17H23N5O2/c1-11(2)12-6-7-14(23)13(10-12)15(24)18-16-19-17(21-20-16)22-8-4-3-5-9-22/h6-7,10-11,23H,3-5,8-9H2,1-2H3,(H2,18,19,20,21,24). The molecule has 1 aliphatic rings. The lowest BCUT2D eigenvalue weighted by atomic mass is 10.00. The van der Waals surface area contributed by atoms with Crippen LogP contribution in [0.25, 0.3) is 0 Å². The highest BCUT2D eigenvalue weighted by Crippen LogP contribution is 2.24. The Bertz CT molecular complexity index is 720. The first-order valence-electron chi connectivity index (χ1n) is 8.36. The fraction of sp³-hybridized carbons (Fsp3) is 0.471. The Hall–Kier alpha value is -2.57. The van der Waals surface area contributed by atoms with E-state index in [4.69, 9.17) is 0 Å². The molecular formula is C17H23N5O2. The van der Waals surface area contributed by atoms with Crippen molar-refractivity contribution in [3.63, 3.8) is 0 Å². The van der Waals surface area contributed by atoms with Gasteiger partial charge >= 0.3 is 0 Å². The van der Waals surface area contributed by atoms with Gasteiger partial charge in [0.2, 0.25) is 11.9 Å². The van der Waals surface area contributed by atoms with Crippen molar-refractivity contribution in [2.75, 3.05) is 23.3 Å². The smallest absolute Gasteiger partial charge is 0.261 e. The summed E-state index contributed by atoms with van der Waals surface area (Å²) in [4.78, 5) is 18.9. The lowest BCUT2D eigenvalue weighted by Crippen LogP contribution is -2.30. The number of hydrogen-bond acceptors (Lipinski definition) is 5. The minimum Gasteiger partial charge on any atom is -0.507 e. The molecule has 0 radical (unpaired) electrons. The molecule has 1 aromatic heterocycles. The zero-order chi connectivity index (χ0) is 17.1. The van der Waals surface area contributed by atoms with Crippen molar-refractivity contribution < 1.29 is 9.90 Å². The Balaban J connectivity index is 1.73. The molecule has 1 amide bonds. The lowest BCUT2D eigenvalue weighted by molar-refractivity contribution is 0.102. The van der Waals surface area contributed by atoms with Gasteiger partial charge in [-0.05, 0) is 42.9 Å². The van der Waals surface area contributed by atoms with Crippen molar-refractivity contribution in [1.82, 2.24) is 15.2 Å². The topological polar surface area (TPSA) is 94.1 Å². The zero-order valence-corrected chi connectivity index (χ0v) is 14.0. The van der Waals surface area contributed by atoms with Crippen molar-refractivity contribution in [3.8, 4) is 5.75 Å². The summed E-state index contributed by atoms with van der Waals surface area (Å²) in [6.07, 6.45) is 3.49. The summed E-state index contributed by atoms with van der Waals surface area (Å²) in [6, 6.07) is 5.07. The molecule has 7 heteroatoms. The minimum atomic E-state index is -0.406. The number of phenols is 1. The van der Waals surface area contributed by atoms with Crippen LogP contribution in [0, 0.1) is 0 Å². The number of benzene rings is 1. The van der Waals surface area contributed by atoms with Crippen LogP contribution in [0.4, 0.5) is 11.9 Å². The highest BCUT2D eigenvalue weighted by molar-refractivity contribution is 6.05. The molecule has 0 atom stereocenters. The number of nitrogens with zero attached hydrogens (tertiary/aromatic N) is 3. The van der Waals surface area contributed by atoms with Crippen molar-refractivity contribution in [1.29, 1.82) is 0 Å². The van der Waals surface area contributed by atoms with E-state index in [9.17, 15) is 9.90 Å². The molecule has 1 fully saturated rings. The maximum atomic E-state index is 12.4. The second-order valence-electron chi connectivity index (χ2n) is 6.42. The van der Waals surface area contributed by atoms with Gasteiger partial charge in [-0.2, -0.15) is 4.98 Å². The van der Waals surface area contributed by atoms with E-state index in [1.807, 2.05) is 19.9 Å². The number of aromatic amines is 1. The SMILES string of the molecule is CC(C)c1ccc(O)c(C(=O)Nc2nc(N3CCCCC3)n[nH]2)c1. The molecule has 24 heavy (non-hydrogen) atoms. The molecule has 0 unspecified atom stereocenters. The summed E-state index contributed by atoms with van der Waals surface area (Å²) in [5.41, 5.74) is 1.22. The number of amides is 1. The van der Waals surface area contributed by atoms with Gasteiger partial charge in [0.05, 0.1) is 5.56 Å². The Labute approximate surface area is 141 Å². The van der Waals surface area contributed by atoms with Crippen LogP contribution in [0.5, 0.6) is 5.75 Å². The second kappa shape index (κ2) is 6.90. The van der Waals surface area contributed by atoms with Crippen LogP contribution >= 0.6 is 0 Å². The normalized spacial score (nSPS) is 14.9. The van der Waals surface area contributed by atoms with E-state index in [0.29, 0.717) is 5.95 Å². The number of nitrogens with one attached hydrogen (secondary N) is 2. The fourth-order valence-electron chi connectivity index (χ4n) is 2.81. The van der Waals surface area contributed by atoms with Crippen molar-refractivity contribution in [3.05, 3.63) is 29.3 Å². The molecule has 0 spiro atoms. The summed E-state index contributed by atoms with van der Waals surface area (Å²) < 4.78 is 0. The van der Waals surface area contributed by atoms with Crippen LogP contribution in [0.2, 0.25) is 0 Å². The number of aromatic hydroxyl groups is 1. The molecule has 0 bridgehead atoms. The summed E-state index contributed by atoms with van der Waals surface area (Å²) in [6.45, 7) is 5.94. The van der Waals surface area contributed by atoms with Gasteiger partial charge in [0.15, 0.2) is 0 Å². The van der Waals surface area contributed by atoms with E-state index < -0.39 is 5.91 Å². The molecule has 0 saturated carbocycles. The molecule has 2 aromatic rings. The fourth-order valence-corrected chi connectivity index (χ4v) is 2.81. The average Bonchev–Trinajstić information content (AvgIpc) is 3.04. The first-order valence-corrected chi connectivity index (χ1v) is 8.36. The summed E-state index contributed by atoms with van der Waals surface area (Å²) in [5.74, 6) is 0.706. The van der Waals surface area contributed by atoms with E-state index in [2.05, 4.69) is 25.4 Å². The van der Waals surface area contributed by atoms with Gasteiger partial charge in [-0.1, -0.05) is 19.9 Å². The van der Waals surface area contributed by atoms with Crippen LogP contribution < -0.4 is 10.2 Å². The largest absolute Gasteiger partial charge is 0.507 e. The number of piperidine rings is 1. The van der Waals surface area contributed by atoms with Gasteiger partial charge in [-0.3, -0.25) is 10.1 Å². The Morgan fingerprint density at radius 1 is 1.29 bits per heavy atom. The molecule has 3 rings (SSSR count). The highest BCUT2D eigenvalue weighted by Gasteiger charge is 2.18. The van der Waals surface area contributed by atoms with Crippen LogP contribution in [-0.4, -0.2) is 39.3 Å². The number of carbonyl (C=O) groups excluding carboxylic acids is 1. The molecule has 2 heterocycles. The van der Waals surface area contributed by atoms with Crippen LogP contribution in [0.1, 0.15) is 54.9 Å². The van der Waals surface area contributed by atoms with E-state index in [1.165, 1.54) is 6.42 Å². The monoisotopic (exact) mass is 329 g/mol. The van der Waals surface area contributed by atoms with E-state index in [1.54, 1.807) is 12.1 Å². The van der Waals surface area contributed by atoms with Crippen molar-refractivity contribution >= 4 is 17.8 Å². The van der Waals surface area contributed by atoms with Crippen LogP contribution in [0.3, 0.4) is 0 Å². The number of carbonyl (C=O) groups is 1. The number of phenolic OH excluding ortho intramolecular Hbond substituents is 1. The molecular weight excluding hydrogens is 306 g/mol. The third kappa shape index (κ3) is 3.50. The first kappa shape index (κ1) is 16.3. The third-order valence-electron chi connectivity index (χ3n) is 4.28. The Kier molecular flexibility index (Phi) is 4.69. The highest BCUT2D eigenvalue weighted by atomic mass is 16.3. The summed E-state index contributed by atoms with van der Waals surface area (Å²) >= 11 is 0. The second-order valence-corrected chi connectivity index (χ2v) is 6.42. The maximum Gasteiger partial charge on any atom is 0.261 e. The van der Waals surface area contributed by atoms with Gasteiger partial charge in [0.25, 0.3) is 5.91 Å². The van der Waals surface area contributed by atoms with Gasteiger partial charge in [-0.25, -0.2) is 5.10 Å². The Morgan fingerprint density at radius 2 is 2.04 bits per heavy atom. The van der Waals surface area contributed by atoms with Gasteiger partial charge in [0, 0.05) is 13.1 Å². The number of hydrogen-bond donors (Lipinski definition) is 3. The number of anilines is 2. The quantitative estimate of drug-likeness (QED) is 0.802. The first-order chi connectivity index (χ1) is 11.5. The van der Waals surface area contributed by atoms with Gasteiger partial charge in [0.1, 0.15) is 5.75 Å². The predicted molar refractivity (Wildman–Crippen MR) is 92.6 cm³/mol. The van der Waals surface area contributed by atoms with Crippen LogP contribution in [0.15, 0.2) is 18.2 Å². The maximum absolute atomic E-state index is 12.4. The molecule has 128 valence electrons. The summed E-state index contributed by atoms with van der Waals surface area (Å²) in [7, 11) is 0. The predicted octanol–water partition coefficient (Wildman–Crippen LogP) is 2.88. The van der Waals surface area contributed by atoms with Crippen molar-refractivity contribution in [2.24, 2.45) is 0 Å². The molecule has 3 N–H and O–H groups in total. The number of aromatic nitrogens is 3. The average molecular weight is 329 g/mol. The van der Waals surface area contributed by atoms with E-state index >= 15 is 0 Å². The van der Waals surface area contributed by atoms with Gasteiger partial charge < -0.3 is 10.0 Å². The van der Waals surface area contributed by atoms with Crippen molar-refractivity contribution in [2.45, 2.75) is 39.0 Å². The zero-order valence-electron chi connectivity index (χ0n) is 14.0. The van der Waals surface area contributed by atoms with Crippen LogP contribution in [-0.2, 0) is 0 Å². The molecule has 7 nitrogen and oxygen atoms in total. The van der Waals surface area contributed by atoms with E-state index in [0.717, 1.165) is 31.5 Å². The lowest BCUT2D eigenvalue weighted by Gasteiger charge is -2.24. The molecule has 1 aromatic carbocycles. The Morgan fingerprint density at radius 3 is 2.75 bits per heavy atom. The minimum absolute atomic E-state index is 0.0485. The number of H-pyrrole nitrogens is 1. The molecule has 0 aliphatic carbocycles. The summed E-state index contributed by atoms with van der Waals surface area (Å²) in [5, 5.41) is 19.5. The third-order valence-corrected chi connectivity index (χ3v) is 4.28. The molecule has 1 aliphatic heterocycles. The van der Waals surface area contributed by atoms with Gasteiger partial charge in [-0.15, -0.1) is 5.10 Å². The molecule has 1 saturated heterocycles.